The number of benzene rings is 3. The molecule has 0 aromatic heterocycles. The van der Waals surface area contributed by atoms with Gasteiger partial charge in [-0.15, -0.1) is 0 Å². The van der Waals surface area contributed by atoms with E-state index in [0.29, 0.717) is 5.69 Å². The van der Waals surface area contributed by atoms with Crippen molar-refractivity contribution in [2.24, 2.45) is 11.8 Å². The van der Waals surface area contributed by atoms with Crippen molar-refractivity contribution in [2.45, 2.75) is 18.3 Å². The molecule has 2 amide bonds. The summed E-state index contributed by atoms with van der Waals surface area (Å²) in [6.45, 7) is 2.15. The Bertz CT molecular complexity index is 1170. The minimum atomic E-state index is -0.518. The van der Waals surface area contributed by atoms with Gasteiger partial charge in [-0.25, -0.2) is 4.90 Å². The summed E-state index contributed by atoms with van der Waals surface area (Å²) >= 11 is 3.53. The molecule has 0 radical (unpaired) electrons. The van der Waals surface area contributed by atoms with Crippen molar-refractivity contribution in [3.63, 3.8) is 0 Å². The van der Waals surface area contributed by atoms with Gasteiger partial charge in [0.05, 0.1) is 17.5 Å². The van der Waals surface area contributed by atoms with E-state index in [1.54, 1.807) is 0 Å². The van der Waals surface area contributed by atoms with Gasteiger partial charge in [0.2, 0.25) is 11.8 Å². The number of hydrogen-bond donors (Lipinski definition) is 0. The van der Waals surface area contributed by atoms with E-state index in [1.807, 2.05) is 48.5 Å². The molecular formula is C25H18BrNO2. The van der Waals surface area contributed by atoms with Crippen LogP contribution < -0.4 is 4.90 Å². The third-order valence-corrected chi connectivity index (χ3v) is 7.81. The van der Waals surface area contributed by atoms with E-state index < -0.39 is 11.3 Å². The van der Waals surface area contributed by atoms with Crippen LogP contribution in [0.2, 0.25) is 0 Å². The van der Waals surface area contributed by atoms with Gasteiger partial charge in [0, 0.05) is 15.8 Å². The molecule has 7 rings (SSSR count). The molecule has 3 nitrogen and oxygen atoms in total. The summed E-state index contributed by atoms with van der Waals surface area (Å²) < 4.78 is 0.757. The predicted molar refractivity (Wildman–Crippen MR) is 115 cm³/mol. The number of hydrogen-bond acceptors (Lipinski definition) is 2. The van der Waals surface area contributed by atoms with Crippen LogP contribution in [0.25, 0.3) is 0 Å². The highest BCUT2D eigenvalue weighted by atomic mass is 79.9. The minimum Gasteiger partial charge on any atom is -0.274 e. The Labute approximate surface area is 177 Å². The van der Waals surface area contributed by atoms with Crippen LogP contribution in [0.3, 0.4) is 0 Å². The summed E-state index contributed by atoms with van der Waals surface area (Å²) in [7, 11) is 0. The monoisotopic (exact) mass is 443 g/mol. The van der Waals surface area contributed by atoms with E-state index in [0.717, 1.165) is 4.47 Å². The van der Waals surface area contributed by atoms with Crippen molar-refractivity contribution < 1.29 is 9.59 Å². The smallest absolute Gasteiger partial charge is 0.238 e. The van der Waals surface area contributed by atoms with E-state index in [-0.39, 0.29) is 23.7 Å². The van der Waals surface area contributed by atoms with Crippen LogP contribution in [0, 0.1) is 11.8 Å². The number of nitrogens with zero attached hydrogens (tertiary/aromatic N) is 1. The third kappa shape index (κ3) is 1.93. The molecule has 1 saturated heterocycles. The van der Waals surface area contributed by atoms with Gasteiger partial charge in [0.25, 0.3) is 0 Å². The quantitative estimate of drug-likeness (QED) is 0.495. The summed E-state index contributed by atoms with van der Waals surface area (Å²) in [6.07, 6.45) is 0. The topological polar surface area (TPSA) is 37.4 Å². The first kappa shape index (κ1) is 17.2. The van der Waals surface area contributed by atoms with E-state index in [1.165, 1.54) is 27.2 Å². The van der Waals surface area contributed by atoms with Gasteiger partial charge in [-0.05, 0) is 50.3 Å². The largest absolute Gasteiger partial charge is 0.274 e. The number of rotatable bonds is 1. The van der Waals surface area contributed by atoms with E-state index >= 15 is 0 Å². The summed E-state index contributed by atoms with van der Waals surface area (Å²) in [4.78, 5) is 29.0. The fraction of sp³-hybridized carbons (Fsp3) is 0.200. The highest BCUT2D eigenvalue weighted by molar-refractivity contribution is 9.10. The lowest BCUT2D eigenvalue weighted by Gasteiger charge is -2.52. The predicted octanol–water partition coefficient (Wildman–Crippen LogP) is 5.02. The van der Waals surface area contributed by atoms with Gasteiger partial charge >= 0.3 is 0 Å². The lowest BCUT2D eigenvalue weighted by molar-refractivity contribution is -0.123. The molecule has 1 heterocycles. The van der Waals surface area contributed by atoms with Gasteiger partial charge in [0.15, 0.2) is 0 Å². The van der Waals surface area contributed by atoms with Crippen LogP contribution in [-0.4, -0.2) is 11.8 Å². The highest BCUT2D eigenvalue weighted by Gasteiger charge is 2.66. The first-order valence-electron chi connectivity index (χ1n) is 9.86. The number of amides is 2. The molecule has 0 N–H and O–H groups in total. The fourth-order valence-corrected chi connectivity index (χ4v) is 6.48. The molecule has 29 heavy (non-hydrogen) atoms. The number of carbonyl (C=O) groups is 2. The Morgan fingerprint density at radius 3 is 1.97 bits per heavy atom. The number of carbonyl (C=O) groups excluding carboxylic acids is 2. The molecule has 3 aromatic carbocycles. The number of para-hydroxylation sites is 1. The zero-order valence-electron chi connectivity index (χ0n) is 15.8. The van der Waals surface area contributed by atoms with E-state index in [4.69, 9.17) is 0 Å². The molecule has 1 aliphatic heterocycles. The van der Waals surface area contributed by atoms with Crippen LogP contribution in [0.1, 0.15) is 35.1 Å². The van der Waals surface area contributed by atoms with E-state index in [2.05, 4.69) is 47.1 Å². The lowest BCUT2D eigenvalue weighted by Crippen LogP contribution is -2.51. The maximum Gasteiger partial charge on any atom is 0.238 e. The molecule has 0 spiro atoms. The minimum absolute atomic E-state index is 0.0850. The Hall–Kier alpha value is -2.72. The first-order chi connectivity index (χ1) is 14.0. The Kier molecular flexibility index (Phi) is 3.35. The zero-order valence-corrected chi connectivity index (χ0v) is 17.4. The van der Waals surface area contributed by atoms with Crippen molar-refractivity contribution in [1.29, 1.82) is 0 Å². The maximum atomic E-state index is 13.8. The second-order valence-electron chi connectivity index (χ2n) is 8.32. The average molecular weight is 444 g/mol. The van der Waals surface area contributed by atoms with Gasteiger partial charge in [0.1, 0.15) is 0 Å². The van der Waals surface area contributed by atoms with Crippen molar-refractivity contribution in [3.8, 4) is 0 Å². The molecule has 3 aliphatic carbocycles. The molecule has 2 unspecified atom stereocenters. The van der Waals surface area contributed by atoms with Crippen LogP contribution in [-0.2, 0) is 15.0 Å². The summed E-state index contributed by atoms with van der Waals surface area (Å²) in [5.41, 5.74) is 4.85. The van der Waals surface area contributed by atoms with Crippen LogP contribution in [0.15, 0.2) is 77.3 Å². The van der Waals surface area contributed by atoms with Gasteiger partial charge < -0.3 is 0 Å². The Balaban J connectivity index is 1.64. The first-order valence-corrected chi connectivity index (χ1v) is 10.7. The van der Waals surface area contributed by atoms with Crippen molar-refractivity contribution in [2.75, 3.05) is 4.90 Å². The molecule has 3 aromatic rings. The molecule has 4 heteroatoms. The van der Waals surface area contributed by atoms with Crippen LogP contribution in [0.4, 0.5) is 5.69 Å². The summed E-state index contributed by atoms with van der Waals surface area (Å²) in [5, 5.41) is 0. The molecule has 0 saturated carbocycles. The van der Waals surface area contributed by atoms with Crippen LogP contribution >= 0.6 is 15.9 Å². The molecular weight excluding hydrogens is 426 g/mol. The van der Waals surface area contributed by atoms with Crippen molar-refractivity contribution in [3.05, 3.63) is 99.5 Å². The molecule has 2 bridgehead atoms. The SMILES string of the molecule is CC12c3ccccc3C(c3ccccc31)C1C(=O)N(c3ccccc3Br)C(=O)C12. The third-order valence-electron chi connectivity index (χ3n) is 7.14. The summed E-state index contributed by atoms with van der Waals surface area (Å²) in [5.74, 6) is -1.03. The molecule has 142 valence electrons. The lowest BCUT2D eigenvalue weighted by atomic mass is 9.48. The number of imide groups is 1. The Morgan fingerprint density at radius 1 is 0.793 bits per heavy atom. The van der Waals surface area contributed by atoms with Crippen LogP contribution in [0.5, 0.6) is 0 Å². The standard InChI is InChI=1S/C25H18BrNO2/c1-25-16-10-4-2-8-14(16)20(15-9-3-5-11-17(15)25)21-22(25)24(29)27(23(21)28)19-13-7-6-12-18(19)26/h2-13,20-22H,1H3. The van der Waals surface area contributed by atoms with Gasteiger partial charge in [-0.1, -0.05) is 67.6 Å². The second-order valence-corrected chi connectivity index (χ2v) is 9.18. The van der Waals surface area contributed by atoms with Crippen molar-refractivity contribution >= 4 is 33.4 Å². The summed E-state index contributed by atoms with van der Waals surface area (Å²) in [6, 6.07) is 24.1. The molecule has 2 atom stereocenters. The molecule has 1 fully saturated rings. The van der Waals surface area contributed by atoms with Gasteiger partial charge in [-0.3, -0.25) is 9.59 Å². The maximum absolute atomic E-state index is 13.8. The van der Waals surface area contributed by atoms with Gasteiger partial charge in [-0.2, -0.15) is 0 Å². The highest BCUT2D eigenvalue weighted by Crippen LogP contribution is 2.64. The molecule has 4 aliphatic rings. The van der Waals surface area contributed by atoms with Crippen molar-refractivity contribution in [1.82, 2.24) is 0 Å². The second kappa shape index (κ2) is 5.67. The number of halogens is 1. The average Bonchev–Trinajstić information content (AvgIpc) is 3.01. The normalized spacial score (nSPS) is 28.9. The zero-order chi connectivity index (χ0) is 19.9. The number of anilines is 1. The van der Waals surface area contributed by atoms with E-state index in [9.17, 15) is 9.59 Å². The Morgan fingerprint density at radius 2 is 1.34 bits per heavy atom. The fourth-order valence-electron chi connectivity index (χ4n) is 6.02.